The minimum absolute atomic E-state index is 0.221. The molecule has 208 valence electrons. The normalized spacial score (nSPS) is 19.2. The Bertz CT molecular complexity index is 1390. The molecule has 2 aliphatic carbocycles. The standard InChI is InChI=1S/C29H34F3N5O2/c1-4-19(2)12-33-13-20-10-23(25(39)37(14-20)17-29(30,31)32)24(38)35-22-7-5-6-21(11-22)28(26-34-18-36(26)3)15-27(16-28)8-9-27/h5-7,10-11,14,18-19,33H,4,8-9,12-13,15-17H2,1-3H3/p+1. The van der Waals surface area contributed by atoms with Crippen LogP contribution in [0.3, 0.4) is 0 Å². The zero-order valence-corrected chi connectivity index (χ0v) is 22.6. The van der Waals surface area contributed by atoms with Crippen molar-refractivity contribution in [2.24, 2.45) is 11.3 Å². The van der Waals surface area contributed by atoms with E-state index in [0.717, 1.165) is 30.7 Å². The van der Waals surface area contributed by atoms with Crippen LogP contribution in [-0.2, 0) is 18.5 Å². The van der Waals surface area contributed by atoms with Crippen molar-refractivity contribution in [2.45, 2.75) is 70.6 Å². The zero-order valence-electron chi connectivity index (χ0n) is 22.6. The lowest BCUT2D eigenvalue weighted by Crippen LogP contribution is -2.58. The maximum atomic E-state index is 13.3. The first kappa shape index (κ1) is 27.2. The van der Waals surface area contributed by atoms with Crippen LogP contribution >= 0.6 is 0 Å². The van der Waals surface area contributed by atoms with Crippen LogP contribution in [0.4, 0.5) is 18.9 Å². The number of alkyl halides is 3. The predicted molar refractivity (Wildman–Crippen MR) is 146 cm³/mol. The van der Waals surface area contributed by atoms with Gasteiger partial charge in [-0.15, -0.1) is 0 Å². The average molecular weight is 543 g/mol. The molecule has 39 heavy (non-hydrogen) atoms. The molecule has 1 unspecified atom stereocenters. The molecule has 0 radical (unpaired) electrons. The van der Waals surface area contributed by atoms with E-state index in [4.69, 9.17) is 0 Å². The molecule has 5 rings (SSSR count). The van der Waals surface area contributed by atoms with E-state index >= 15 is 0 Å². The third-order valence-electron chi connectivity index (χ3n) is 8.35. The van der Waals surface area contributed by atoms with E-state index in [9.17, 15) is 22.8 Å². The zero-order chi connectivity index (χ0) is 28.0. The fraction of sp³-hybridized carbons (Fsp3) is 0.517. The number of amidine groups is 1. The van der Waals surface area contributed by atoms with E-state index in [2.05, 4.69) is 29.1 Å². The van der Waals surface area contributed by atoms with Gasteiger partial charge in [0.1, 0.15) is 12.1 Å². The maximum absolute atomic E-state index is 13.3. The number of benzene rings is 1. The second kappa shape index (κ2) is 9.99. The van der Waals surface area contributed by atoms with E-state index in [1.807, 2.05) is 30.1 Å². The van der Waals surface area contributed by atoms with Gasteiger partial charge in [-0.1, -0.05) is 32.4 Å². The molecule has 1 atom stereocenters. The Morgan fingerprint density at radius 3 is 2.54 bits per heavy atom. The van der Waals surface area contributed by atoms with Gasteiger partial charge in [0, 0.05) is 18.4 Å². The molecule has 2 fully saturated rings. The molecule has 2 saturated carbocycles. The number of hydrogen-bond acceptors (Lipinski definition) is 4. The quantitative estimate of drug-likeness (QED) is 0.444. The highest BCUT2D eigenvalue weighted by Gasteiger charge is 2.67. The molecular formula is C29H35F3N5O2+. The van der Waals surface area contributed by atoms with E-state index < -0.39 is 24.2 Å². The summed E-state index contributed by atoms with van der Waals surface area (Å²) in [5.74, 6) is 0.666. The highest BCUT2D eigenvalue weighted by atomic mass is 19.4. The number of rotatable bonds is 10. The molecule has 10 heteroatoms. The fourth-order valence-corrected chi connectivity index (χ4v) is 5.91. The summed E-state index contributed by atoms with van der Waals surface area (Å²) in [5, 5.41) is 5.97. The monoisotopic (exact) mass is 542 g/mol. The summed E-state index contributed by atoms with van der Waals surface area (Å²) in [6, 6.07) is 8.89. The van der Waals surface area contributed by atoms with Crippen LogP contribution in [0.25, 0.3) is 0 Å². The molecule has 2 aromatic rings. The van der Waals surface area contributed by atoms with Crippen molar-refractivity contribution in [1.82, 2.24) is 19.5 Å². The molecule has 1 aromatic carbocycles. The van der Waals surface area contributed by atoms with Crippen molar-refractivity contribution in [2.75, 3.05) is 18.9 Å². The number of pyridine rings is 1. The Morgan fingerprint density at radius 2 is 1.95 bits per heavy atom. The SMILES string of the molecule is CCC(C)CNCc1cc(C(=O)Nc2cccc(C3(C4=[N+]=CN4C)CC4(CC4)C3)c2)c(=O)n(CC(F)(F)F)c1. The Labute approximate surface area is 225 Å². The van der Waals surface area contributed by atoms with Crippen LogP contribution in [-0.4, -0.2) is 47.3 Å². The summed E-state index contributed by atoms with van der Waals surface area (Å²) in [6.45, 7) is 3.58. The lowest BCUT2D eigenvalue weighted by molar-refractivity contribution is -0.141. The number of hydrogen-bond donors (Lipinski definition) is 2. The first-order chi connectivity index (χ1) is 18.4. The maximum Gasteiger partial charge on any atom is 0.406 e. The number of likely N-dealkylation sites (N-methyl/N-ethyl adjacent to an activating group) is 1. The molecule has 1 amide bonds. The van der Waals surface area contributed by atoms with E-state index in [-0.39, 0.29) is 17.5 Å². The fourth-order valence-electron chi connectivity index (χ4n) is 5.91. The first-order valence-corrected chi connectivity index (χ1v) is 13.5. The van der Waals surface area contributed by atoms with Gasteiger partial charge >= 0.3 is 12.0 Å². The summed E-state index contributed by atoms with van der Waals surface area (Å²) in [6.07, 6.45) is 3.77. The molecule has 0 saturated heterocycles. The molecule has 2 heterocycles. The van der Waals surface area contributed by atoms with Crippen molar-refractivity contribution < 1.29 is 18.0 Å². The molecule has 7 nitrogen and oxygen atoms in total. The summed E-state index contributed by atoms with van der Waals surface area (Å²) < 4.78 is 44.8. The number of nitrogens with one attached hydrogen (secondary N) is 2. The lowest BCUT2D eigenvalue weighted by atomic mass is 9.55. The van der Waals surface area contributed by atoms with Crippen molar-refractivity contribution >= 4 is 23.8 Å². The van der Waals surface area contributed by atoms with Crippen LogP contribution in [0, 0.1) is 11.3 Å². The van der Waals surface area contributed by atoms with Gasteiger partial charge in [-0.05, 0) is 72.9 Å². The topological polar surface area (TPSA) is 80.5 Å². The van der Waals surface area contributed by atoms with E-state index in [0.29, 0.717) is 33.7 Å². The summed E-state index contributed by atoms with van der Waals surface area (Å²) in [7, 11) is 1.98. The molecule has 1 aromatic heterocycles. The predicted octanol–water partition coefficient (Wildman–Crippen LogP) is 4.05. The van der Waals surface area contributed by atoms with Crippen molar-refractivity contribution in [3.63, 3.8) is 0 Å². The molecule has 3 aliphatic rings. The van der Waals surface area contributed by atoms with Crippen LogP contribution in [0.5, 0.6) is 0 Å². The second-order valence-corrected chi connectivity index (χ2v) is 11.6. The molecule has 2 N–H and O–H groups in total. The minimum atomic E-state index is -4.60. The Hall–Kier alpha value is -3.36. The van der Waals surface area contributed by atoms with Crippen molar-refractivity contribution in [3.8, 4) is 0 Å². The molecular weight excluding hydrogens is 507 g/mol. The number of nitrogens with zero attached hydrogens (tertiary/aromatic N) is 3. The second-order valence-electron chi connectivity index (χ2n) is 11.6. The number of aromatic nitrogens is 1. The van der Waals surface area contributed by atoms with Gasteiger partial charge in [0.05, 0.1) is 12.5 Å². The molecule has 1 aliphatic heterocycles. The average Bonchev–Trinajstić information content (AvgIpc) is 3.64. The van der Waals surface area contributed by atoms with E-state index in [1.165, 1.54) is 25.1 Å². The van der Waals surface area contributed by atoms with Gasteiger partial charge in [-0.25, -0.2) is 9.57 Å². The first-order valence-electron chi connectivity index (χ1n) is 13.5. The van der Waals surface area contributed by atoms with Crippen molar-refractivity contribution in [1.29, 1.82) is 0 Å². The van der Waals surface area contributed by atoms with Gasteiger partial charge in [-0.3, -0.25) is 9.59 Å². The van der Waals surface area contributed by atoms with Crippen LogP contribution in [0.1, 0.15) is 67.4 Å². The number of halogens is 3. The van der Waals surface area contributed by atoms with Crippen molar-refractivity contribution in [3.05, 3.63) is 63.6 Å². The lowest BCUT2D eigenvalue weighted by Gasteiger charge is -2.48. The van der Waals surface area contributed by atoms with Crippen LogP contribution in [0.2, 0.25) is 0 Å². The van der Waals surface area contributed by atoms with Gasteiger partial charge in [0.2, 0.25) is 0 Å². The molecule has 0 bridgehead atoms. The Kier molecular flexibility index (Phi) is 6.97. The third kappa shape index (κ3) is 5.54. The number of anilines is 1. The minimum Gasteiger partial charge on any atom is -0.322 e. The van der Waals surface area contributed by atoms with Gasteiger partial charge in [0.15, 0.2) is 0 Å². The smallest absolute Gasteiger partial charge is 0.322 e. The van der Waals surface area contributed by atoms with Crippen LogP contribution < -0.4 is 20.9 Å². The van der Waals surface area contributed by atoms with E-state index in [1.54, 1.807) is 12.4 Å². The van der Waals surface area contributed by atoms with Gasteiger partial charge in [0.25, 0.3) is 17.8 Å². The number of carbonyl (C=O) groups is 1. The number of amides is 1. The van der Waals surface area contributed by atoms with Crippen LogP contribution in [0.15, 0.2) is 41.3 Å². The summed E-state index contributed by atoms with van der Waals surface area (Å²) >= 11 is 0. The third-order valence-corrected chi connectivity index (χ3v) is 8.35. The van der Waals surface area contributed by atoms with Gasteiger partial charge < -0.3 is 15.2 Å². The largest absolute Gasteiger partial charge is 0.406 e. The summed E-state index contributed by atoms with van der Waals surface area (Å²) in [5.41, 5.74) is 0.842. The highest BCUT2D eigenvalue weighted by Crippen LogP contribution is 2.69. The summed E-state index contributed by atoms with van der Waals surface area (Å²) in [4.78, 5) is 28.3. The van der Waals surface area contributed by atoms with Gasteiger partial charge in [-0.2, -0.15) is 13.2 Å². The molecule has 1 spiro atoms. The highest BCUT2D eigenvalue weighted by molar-refractivity contribution is 6.07. The Balaban J connectivity index is 1.40. The Morgan fingerprint density at radius 1 is 1.21 bits per heavy atom. The number of carbonyl (C=O) groups excluding carboxylic acids is 1.